The molecule has 2 aromatic carbocycles. The van der Waals surface area contributed by atoms with Crippen molar-refractivity contribution in [2.45, 2.75) is 13.8 Å². The molecule has 0 N–H and O–H groups in total. The average molecular weight is 259 g/mol. The van der Waals surface area contributed by atoms with Gasteiger partial charge in [0.25, 0.3) is 0 Å². The predicted octanol–water partition coefficient (Wildman–Crippen LogP) is 5.03. The van der Waals surface area contributed by atoms with Gasteiger partial charge in [0.05, 0.1) is 5.69 Å². The van der Waals surface area contributed by atoms with Crippen LogP contribution in [0.3, 0.4) is 0 Å². The Kier molecular flexibility index (Phi) is 3.34. The highest BCUT2D eigenvalue weighted by atomic mass is 14.7. The molecule has 1 aromatic heterocycles. The summed E-state index contributed by atoms with van der Waals surface area (Å²) in [5.41, 5.74) is 7.18. The van der Waals surface area contributed by atoms with Crippen molar-refractivity contribution in [3.63, 3.8) is 0 Å². The summed E-state index contributed by atoms with van der Waals surface area (Å²) in [7, 11) is 0. The van der Waals surface area contributed by atoms with Gasteiger partial charge in [-0.05, 0) is 42.2 Å². The van der Waals surface area contributed by atoms with Gasteiger partial charge in [-0.2, -0.15) is 0 Å². The van der Waals surface area contributed by atoms with Crippen molar-refractivity contribution < 1.29 is 0 Å². The molecule has 0 amide bonds. The van der Waals surface area contributed by atoms with E-state index in [-0.39, 0.29) is 0 Å². The van der Waals surface area contributed by atoms with E-state index in [1.54, 1.807) is 0 Å². The van der Waals surface area contributed by atoms with Gasteiger partial charge in [0.15, 0.2) is 0 Å². The Morgan fingerprint density at radius 2 is 1.25 bits per heavy atom. The Hall–Kier alpha value is -2.41. The molecule has 0 atom stereocenters. The van der Waals surface area contributed by atoms with Gasteiger partial charge < -0.3 is 0 Å². The van der Waals surface area contributed by atoms with E-state index in [9.17, 15) is 0 Å². The molecule has 0 unspecified atom stereocenters. The van der Waals surface area contributed by atoms with Crippen LogP contribution in [0.4, 0.5) is 0 Å². The van der Waals surface area contributed by atoms with E-state index in [0.717, 1.165) is 11.3 Å². The van der Waals surface area contributed by atoms with Crippen molar-refractivity contribution >= 4 is 0 Å². The van der Waals surface area contributed by atoms with Crippen molar-refractivity contribution in [3.8, 4) is 22.4 Å². The lowest BCUT2D eigenvalue weighted by molar-refractivity contribution is 1.22. The van der Waals surface area contributed by atoms with Gasteiger partial charge in [-0.1, -0.05) is 54.6 Å². The lowest BCUT2D eigenvalue weighted by Crippen LogP contribution is -1.88. The second-order valence-electron chi connectivity index (χ2n) is 5.10. The van der Waals surface area contributed by atoms with Gasteiger partial charge in [-0.15, -0.1) is 0 Å². The molecule has 0 radical (unpaired) electrons. The number of rotatable bonds is 2. The molecule has 20 heavy (non-hydrogen) atoms. The van der Waals surface area contributed by atoms with Crippen LogP contribution in [0, 0.1) is 13.8 Å². The lowest BCUT2D eigenvalue weighted by Gasteiger charge is -2.06. The van der Waals surface area contributed by atoms with E-state index in [1.165, 1.54) is 22.3 Å². The predicted molar refractivity (Wildman–Crippen MR) is 84.6 cm³/mol. The first-order chi connectivity index (χ1) is 9.74. The minimum absolute atomic E-state index is 1.03. The summed E-state index contributed by atoms with van der Waals surface area (Å²) < 4.78 is 0. The van der Waals surface area contributed by atoms with Crippen molar-refractivity contribution in [1.29, 1.82) is 0 Å². The summed E-state index contributed by atoms with van der Waals surface area (Å²) in [4.78, 5) is 4.51. The number of pyridine rings is 1. The van der Waals surface area contributed by atoms with Crippen LogP contribution >= 0.6 is 0 Å². The zero-order chi connectivity index (χ0) is 13.9. The highest BCUT2D eigenvalue weighted by Crippen LogP contribution is 2.24. The van der Waals surface area contributed by atoms with Crippen LogP contribution in [0.5, 0.6) is 0 Å². The standard InChI is InChI=1S/C19H17N/c1-14-12-19(20-13-15(14)2)18-10-8-17(9-11-18)16-6-4-3-5-7-16/h3-13H,1-2H3. The van der Waals surface area contributed by atoms with Crippen LogP contribution < -0.4 is 0 Å². The van der Waals surface area contributed by atoms with Gasteiger partial charge in [-0.3, -0.25) is 4.98 Å². The summed E-state index contributed by atoms with van der Waals surface area (Å²) in [5.74, 6) is 0. The number of benzene rings is 2. The minimum atomic E-state index is 1.03. The maximum atomic E-state index is 4.51. The molecule has 0 bridgehead atoms. The first kappa shape index (κ1) is 12.6. The second-order valence-corrected chi connectivity index (χ2v) is 5.10. The first-order valence-corrected chi connectivity index (χ1v) is 6.83. The van der Waals surface area contributed by atoms with Crippen molar-refractivity contribution in [2.75, 3.05) is 0 Å². The largest absolute Gasteiger partial charge is 0.256 e. The quantitative estimate of drug-likeness (QED) is 0.628. The zero-order valence-electron chi connectivity index (χ0n) is 11.8. The topological polar surface area (TPSA) is 12.9 Å². The molecule has 0 spiro atoms. The molecule has 0 saturated carbocycles. The third kappa shape index (κ3) is 2.48. The summed E-state index contributed by atoms with van der Waals surface area (Å²) >= 11 is 0. The molecule has 0 aliphatic heterocycles. The van der Waals surface area contributed by atoms with Crippen molar-refractivity contribution in [3.05, 3.63) is 78.0 Å². The van der Waals surface area contributed by atoms with E-state index in [1.807, 2.05) is 12.3 Å². The van der Waals surface area contributed by atoms with Gasteiger partial charge in [0.1, 0.15) is 0 Å². The normalized spacial score (nSPS) is 10.5. The number of hydrogen-bond acceptors (Lipinski definition) is 1. The minimum Gasteiger partial charge on any atom is -0.256 e. The number of hydrogen-bond donors (Lipinski definition) is 0. The van der Waals surface area contributed by atoms with Gasteiger partial charge in [-0.25, -0.2) is 0 Å². The lowest BCUT2D eigenvalue weighted by atomic mass is 10.0. The maximum absolute atomic E-state index is 4.51. The Morgan fingerprint density at radius 3 is 1.90 bits per heavy atom. The summed E-state index contributed by atoms with van der Waals surface area (Å²) in [6, 6.07) is 21.2. The van der Waals surface area contributed by atoms with E-state index < -0.39 is 0 Å². The smallest absolute Gasteiger partial charge is 0.0704 e. The second kappa shape index (κ2) is 5.30. The molecule has 3 rings (SSSR count). The Morgan fingerprint density at radius 1 is 0.650 bits per heavy atom. The van der Waals surface area contributed by atoms with Crippen LogP contribution in [0.15, 0.2) is 66.9 Å². The monoisotopic (exact) mass is 259 g/mol. The van der Waals surface area contributed by atoms with Crippen LogP contribution in [0.1, 0.15) is 11.1 Å². The number of nitrogens with zero attached hydrogens (tertiary/aromatic N) is 1. The van der Waals surface area contributed by atoms with E-state index in [0.29, 0.717) is 0 Å². The molecule has 1 heterocycles. The van der Waals surface area contributed by atoms with Crippen LogP contribution in [-0.2, 0) is 0 Å². The molecule has 0 aliphatic rings. The van der Waals surface area contributed by atoms with Gasteiger partial charge in [0, 0.05) is 11.8 Å². The molecule has 0 saturated heterocycles. The molecule has 1 nitrogen and oxygen atoms in total. The van der Waals surface area contributed by atoms with E-state index in [4.69, 9.17) is 0 Å². The maximum Gasteiger partial charge on any atom is 0.0704 e. The third-order valence-electron chi connectivity index (χ3n) is 3.66. The summed E-state index contributed by atoms with van der Waals surface area (Å²) in [6.07, 6.45) is 1.94. The van der Waals surface area contributed by atoms with Gasteiger partial charge >= 0.3 is 0 Å². The first-order valence-electron chi connectivity index (χ1n) is 6.83. The fourth-order valence-electron chi connectivity index (χ4n) is 2.25. The van der Waals surface area contributed by atoms with E-state index >= 15 is 0 Å². The molecule has 1 heteroatoms. The number of aromatic nitrogens is 1. The summed E-state index contributed by atoms with van der Waals surface area (Å²) in [6.45, 7) is 4.21. The molecular formula is C19H17N. The van der Waals surface area contributed by atoms with Crippen LogP contribution in [0.2, 0.25) is 0 Å². The van der Waals surface area contributed by atoms with E-state index in [2.05, 4.69) is 73.4 Å². The highest BCUT2D eigenvalue weighted by molar-refractivity contribution is 5.69. The highest BCUT2D eigenvalue weighted by Gasteiger charge is 2.02. The average Bonchev–Trinajstić information content (AvgIpc) is 2.51. The van der Waals surface area contributed by atoms with Crippen molar-refractivity contribution in [1.82, 2.24) is 4.98 Å². The Bertz CT molecular complexity index is 713. The fourth-order valence-corrected chi connectivity index (χ4v) is 2.25. The third-order valence-corrected chi connectivity index (χ3v) is 3.66. The zero-order valence-corrected chi connectivity index (χ0v) is 11.8. The fraction of sp³-hybridized carbons (Fsp3) is 0.105. The Balaban J connectivity index is 1.95. The van der Waals surface area contributed by atoms with Crippen LogP contribution in [0.25, 0.3) is 22.4 Å². The van der Waals surface area contributed by atoms with Crippen LogP contribution in [-0.4, -0.2) is 4.98 Å². The van der Waals surface area contributed by atoms with Gasteiger partial charge in [0.2, 0.25) is 0 Å². The molecular weight excluding hydrogens is 242 g/mol. The molecule has 98 valence electrons. The SMILES string of the molecule is Cc1cnc(-c2ccc(-c3ccccc3)cc2)cc1C. The summed E-state index contributed by atoms with van der Waals surface area (Å²) in [5, 5.41) is 0. The molecule has 3 aromatic rings. The number of aryl methyl sites for hydroxylation is 2. The molecule has 0 fully saturated rings. The Labute approximate surface area is 119 Å². The molecule has 0 aliphatic carbocycles. The van der Waals surface area contributed by atoms with Crippen molar-refractivity contribution in [2.24, 2.45) is 0 Å².